The SMILES string of the molecule is CC1(C)OB(c2cc(-n3c4ccccc4c4cc(-c5ccccc5)ccc43)cc3c2sc2ccc4oc5ccccc5c4c23)OC1(C)C. The van der Waals surface area contributed by atoms with Crippen molar-refractivity contribution in [3.05, 3.63) is 121 Å². The summed E-state index contributed by atoms with van der Waals surface area (Å²) in [4.78, 5) is 0. The van der Waals surface area contributed by atoms with Crippen molar-refractivity contribution < 1.29 is 13.7 Å². The van der Waals surface area contributed by atoms with E-state index in [-0.39, 0.29) is 0 Å². The second-order valence-electron chi connectivity index (χ2n) is 14.0. The standard InChI is InChI=1S/C42H32BNO3S/c1-41(2)42(3,4)47-43(46-41)32-24-27(23-31-39-37(48-40(31)32)21-20-36-38(39)29-15-9-11-17-35(29)45-36)44-33-16-10-8-14-28(33)30-22-26(18-19-34(30)44)25-12-6-5-7-13-25/h5-24H,1-4H3. The van der Waals surface area contributed by atoms with Crippen LogP contribution in [0.4, 0.5) is 0 Å². The maximum atomic E-state index is 6.77. The van der Waals surface area contributed by atoms with E-state index in [1.807, 2.05) is 6.07 Å². The van der Waals surface area contributed by atoms with Crippen LogP contribution < -0.4 is 5.46 Å². The third-order valence-electron chi connectivity index (χ3n) is 10.6. The first kappa shape index (κ1) is 28.2. The van der Waals surface area contributed by atoms with Crippen molar-refractivity contribution in [2.45, 2.75) is 38.9 Å². The minimum absolute atomic E-state index is 0.467. The number of aromatic nitrogens is 1. The Kier molecular flexibility index (Phi) is 5.77. The third kappa shape index (κ3) is 3.91. The highest BCUT2D eigenvalue weighted by Crippen LogP contribution is 2.45. The van der Waals surface area contributed by atoms with Crippen molar-refractivity contribution in [2.24, 2.45) is 0 Å². The molecule has 0 amide bonds. The molecule has 0 aliphatic carbocycles. The topological polar surface area (TPSA) is 36.5 Å². The summed E-state index contributed by atoms with van der Waals surface area (Å²) in [5.74, 6) is 0. The van der Waals surface area contributed by atoms with Gasteiger partial charge < -0.3 is 18.3 Å². The highest BCUT2D eigenvalue weighted by molar-refractivity contribution is 7.27. The Balaban J connectivity index is 1.32. The summed E-state index contributed by atoms with van der Waals surface area (Å²) in [6.07, 6.45) is 0. The normalized spacial score (nSPS) is 16.0. The molecule has 232 valence electrons. The van der Waals surface area contributed by atoms with E-state index in [2.05, 4.69) is 148 Å². The molecule has 4 heterocycles. The predicted molar refractivity (Wildman–Crippen MR) is 202 cm³/mol. The molecule has 1 fully saturated rings. The van der Waals surface area contributed by atoms with Gasteiger partial charge in [-0.3, -0.25) is 0 Å². The van der Waals surface area contributed by atoms with Gasteiger partial charge in [0.2, 0.25) is 0 Å². The zero-order chi connectivity index (χ0) is 32.4. The van der Waals surface area contributed by atoms with Crippen molar-refractivity contribution in [3.63, 3.8) is 0 Å². The van der Waals surface area contributed by atoms with Gasteiger partial charge in [0.05, 0.1) is 22.2 Å². The lowest BCUT2D eigenvalue weighted by Gasteiger charge is -2.32. The smallest absolute Gasteiger partial charge is 0.456 e. The van der Waals surface area contributed by atoms with Gasteiger partial charge in [-0.1, -0.05) is 72.8 Å². The van der Waals surface area contributed by atoms with Crippen LogP contribution in [-0.4, -0.2) is 22.9 Å². The Morgan fingerprint density at radius 2 is 1.27 bits per heavy atom. The molecule has 6 heteroatoms. The highest BCUT2D eigenvalue weighted by atomic mass is 32.1. The molecule has 48 heavy (non-hydrogen) atoms. The van der Waals surface area contributed by atoms with Gasteiger partial charge in [-0.15, -0.1) is 11.3 Å². The van der Waals surface area contributed by atoms with Gasteiger partial charge >= 0.3 is 7.12 Å². The zero-order valence-electron chi connectivity index (χ0n) is 27.2. The van der Waals surface area contributed by atoms with Crippen LogP contribution in [0.5, 0.6) is 0 Å². The molecular weight excluding hydrogens is 609 g/mol. The van der Waals surface area contributed by atoms with Gasteiger partial charge in [0, 0.05) is 52.9 Å². The van der Waals surface area contributed by atoms with Crippen LogP contribution in [0.2, 0.25) is 0 Å². The Morgan fingerprint density at radius 1 is 0.562 bits per heavy atom. The van der Waals surface area contributed by atoms with Crippen molar-refractivity contribution >= 4 is 87.8 Å². The van der Waals surface area contributed by atoms with Crippen LogP contribution in [0, 0.1) is 0 Å². The number of fused-ring (bicyclic) bond motifs is 10. The van der Waals surface area contributed by atoms with E-state index in [4.69, 9.17) is 13.7 Å². The molecule has 9 aromatic rings. The lowest BCUT2D eigenvalue weighted by Crippen LogP contribution is -2.41. The molecule has 1 aliphatic rings. The van der Waals surface area contributed by atoms with E-state index in [1.54, 1.807) is 11.3 Å². The van der Waals surface area contributed by atoms with Crippen molar-refractivity contribution in [2.75, 3.05) is 0 Å². The molecule has 3 aromatic heterocycles. The molecule has 0 unspecified atom stereocenters. The van der Waals surface area contributed by atoms with Gasteiger partial charge in [-0.2, -0.15) is 0 Å². The highest BCUT2D eigenvalue weighted by Gasteiger charge is 2.52. The average Bonchev–Trinajstić information content (AvgIpc) is 3.81. The van der Waals surface area contributed by atoms with Crippen LogP contribution in [0.25, 0.3) is 80.7 Å². The molecule has 0 radical (unpaired) electrons. The maximum absolute atomic E-state index is 6.77. The first-order chi connectivity index (χ1) is 23.3. The van der Waals surface area contributed by atoms with E-state index in [0.29, 0.717) is 0 Å². The molecule has 4 nitrogen and oxygen atoms in total. The first-order valence-electron chi connectivity index (χ1n) is 16.5. The molecule has 0 spiro atoms. The number of nitrogens with zero attached hydrogens (tertiary/aromatic N) is 1. The van der Waals surface area contributed by atoms with Crippen molar-refractivity contribution in [1.29, 1.82) is 0 Å². The minimum atomic E-state index is -0.514. The molecule has 0 bridgehead atoms. The van der Waals surface area contributed by atoms with Gasteiger partial charge in [-0.05, 0) is 87.4 Å². The van der Waals surface area contributed by atoms with Crippen LogP contribution >= 0.6 is 11.3 Å². The second kappa shape index (κ2) is 9.83. The lowest BCUT2D eigenvalue weighted by atomic mass is 9.78. The molecule has 6 aromatic carbocycles. The Hall–Kier alpha value is -4.88. The summed E-state index contributed by atoms with van der Waals surface area (Å²) >= 11 is 1.80. The van der Waals surface area contributed by atoms with Crippen LogP contribution in [0.15, 0.2) is 126 Å². The fourth-order valence-corrected chi connectivity index (χ4v) is 8.74. The molecule has 1 saturated heterocycles. The summed E-state index contributed by atoms with van der Waals surface area (Å²) in [5, 5.41) is 7.13. The number of furan rings is 1. The minimum Gasteiger partial charge on any atom is -0.456 e. The van der Waals surface area contributed by atoms with Gasteiger partial charge in [0.25, 0.3) is 0 Å². The summed E-state index contributed by atoms with van der Waals surface area (Å²) in [5.41, 5.74) is 7.74. The third-order valence-corrected chi connectivity index (χ3v) is 11.9. The van der Waals surface area contributed by atoms with E-state index in [1.165, 1.54) is 42.1 Å². The Morgan fingerprint density at radius 3 is 2.08 bits per heavy atom. The van der Waals surface area contributed by atoms with Gasteiger partial charge in [0.15, 0.2) is 0 Å². The van der Waals surface area contributed by atoms with E-state index >= 15 is 0 Å². The molecular formula is C42H32BNO3S. The summed E-state index contributed by atoms with van der Waals surface area (Å²) in [7, 11) is -0.514. The number of benzene rings is 6. The molecule has 0 saturated carbocycles. The fourth-order valence-electron chi connectivity index (χ4n) is 7.53. The quantitative estimate of drug-likeness (QED) is 0.180. The average molecular weight is 642 g/mol. The number of para-hydroxylation sites is 2. The molecule has 10 rings (SSSR count). The summed E-state index contributed by atoms with van der Waals surface area (Å²) in [6.45, 7) is 8.49. The second-order valence-corrected chi connectivity index (χ2v) is 15.0. The molecule has 0 N–H and O–H groups in total. The number of hydrogen-bond donors (Lipinski definition) is 0. The number of rotatable bonds is 3. The predicted octanol–water partition coefficient (Wildman–Crippen LogP) is 11.0. The Labute approximate surface area is 282 Å². The fraction of sp³-hybridized carbons (Fsp3) is 0.143. The van der Waals surface area contributed by atoms with E-state index in [9.17, 15) is 0 Å². The summed E-state index contributed by atoms with van der Waals surface area (Å²) in [6, 6.07) is 43.5. The molecule has 0 atom stereocenters. The van der Waals surface area contributed by atoms with Crippen LogP contribution in [0.1, 0.15) is 27.7 Å². The molecule has 1 aliphatic heterocycles. The number of hydrogen-bond acceptors (Lipinski definition) is 4. The Bertz CT molecular complexity index is 2740. The lowest BCUT2D eigenvalue weighted by molar-refractivity contribution is 0.00578. The largest absolute Gasteiger partial charge is 0.496 e. The van der Waals surface area contributed by atoms with Gasteiger partial charge in [-0.25, -0.2) is 0 Å². The summed E-state index contributed by atoms with van der Waals surface area (Å²) < 4.78 is 24.7. The van der Waals surface area contributed by atoms with Crippen molar-refractivity contribution in [1.82, 2.24) is 4.57 Å². The number of thiophene rings is 1. The maximum Gasteiger partial charge on any atom is 0.496 e. The van der Waals surface area contributed by atoms with E-state index in [0.717, 1.165) is 44.1 Å². The first-order valence-corrected chi connectivity index (χ1v) is 17.3. The van der Waals surface area contributed by atoms with E-state index < -0.39 is 18.3 Å². The van der Waals surface area contributed by atoms with Crippen molar-refractivity contribution in [3.8, 4) is 16.8 Å². The zero-order valence-corrected chi connectivity index (χ0v) is 28.0. The van der Waals surface area contributed by atoms with Gasteiger partial charge in [0.1, 0.15) is 11.2 Å². The van der Waals surface area contributed by atoms with Crippen LogP contribution in [0.3, 0.4) is 0 Å². The van der Waals surface area contributed by atoms with Crippen LogP contribution in [-0.2, 0) is 9.31 Å². The monoisotopic (exact) mass is 641 g/mol.